The molecule has 5 heteroatoms. The molecule has 1 aliphatic heterocycles. The van der Waals surface area contributed by atoms with Crippen LogP contribution in [0.1, 0.15) is 25.3 Å². The van der Waals surface area contributed by atoms with Gasteiger partial charge >= 0.3 is 0 Å². The highest BCUT2D eigenvalue weighted by Crippen LogP contribution is 2.13. The molecule has 0 amide bonds. The number of rotatable bonds is 5. The van der Waals surface area contributed by atoms with Crippen LogP contribution in [0.3, 0.4) is 0 Å². The molecular formula is C14H21N3O2. The maximum atomic E-state index is 10.6. The maximum absolute atomic E-state index is 10.6. The van der Waals surface area contributed by atoms with Crippen LogP contribution in [0.5, 0.6) is 0 Å². The number of nitro groups is 1. The van der Waals surface area contributed by atoms with Gasteiger partial charge in [0.15, 0.2) is 0 Å². The number of likely N-dealkylation sites (tertiary alicyclic amines) is 1. The van der Waals surface area contributed by atoms with Gasteiger partial charge in [0.05, 0.1) is 4.92 Å². The lowest BCUT2D eigenvalue weighted by molar-refractivity contribution is -0.384. The van der Waals surface area contributed by atoms with E-state index in [4.69, 9.17) is 0 Å². The number of nitro benzene ring substituents is 1. The highest BCUT2D eigenvalue weighted by atomic mass is 16.6. The lowest BCUT2D eigenvalue weighted by Crippen LogP contribution is -2.45. The molecule has 1 aromatic rings. The number of nitrogens with one attached hydrogen (secondary N) is 1. The number of nitrogens with zero attached hydrogens (tertiary/aromatic N) is 2. The van der Waals surface area contributed by atoms with Crippen molar-refractivity contribution in [3.8, 4) is 0 Å². The summed E-state index contributed by atoms with van der Waals surface area (Å²) >= 11 is 0. The zero-order chi connectivity index (χ0) is 13.7. The number of non-ortho nitro benzene ring substituents is 1. The van der Waals surface area contributed by atoms with Crippen molar-refractivity contribution in [2.24, 2.45) is 0 Å². The Kier molecular flexibility index (Phi) is 4.87. The first kappa shape index (κ1) is 14.0. The molecule has 1 saturated heterocycles. The van der Waals surface area contributed by atoms with Crippen LogP contribution in [0, 0.1) is 10.1 Å². The van der Waals surface area contributed by atoms with Gasteiger partial charge in [-0.1, -0.05) is 19.1 Å². The molecule has 5 nitrogen and oxygen atoms in total. The second-order valence-electron chi connectivity index (χ2n) is 5.04. The minimum atomic E-state index is -0.364. The summed E-state index contributed by atoms with van der Waals surface area (Å²) < 4.78 is 0. The Balaban J connectivity index is 1.83. The largest absolute Gasteiger partial charge is 0.309 e. The summed E-state index contributed by atoms with van der Waals surface area (Å²) in [5.74, 6) is 0. The molecule has 1 aromatic carbocycles. The minimum Gasteiger partial charge on any atom is -0.309 e. The van der Waals surface area contributed by atoms with Crippen LogP contribution < -0.4 is 5.32 Å². The Bertz CT molecular complexity index is 419. The normalized spacial score (nSPS) is 20.4. The third kappa shape index (κ3) is 4.01. The zero-order valence-corrected chi connectivity index (χ0v) is 11.3. The molecule has 1 aliphatic rings. The first-order valence-electron chi connectivity index (χ1n) is 6.88. The molecule has 19 heavy (non-hydrogen) atoms. The number of likely N-dealkylation sites (N-methyl/N-ethyl adjacent to an activating group) is 1. The van der Waals surface area contributed by atoms with E-state index >= 15 is 0 Å². The van der Waals surface area contributed by atoms with Gasteiger partial charge in [0.1, 0.15) is 0 Å². The quantitative estimate of drug-likeness (QED) is 0.653. The Morgan fingerprint density at radius 3 is 2.79 bits per heavy atom. The van der Waals surface area contributed by atoms with E-state index in [1.807, 2.05) is 12.1 Å². The van der Waals surface area contributed by atoms with Gasteiger partial charge in [-0.05, 0) is 31.5 Å². The molecule has 1 fully saturated rings. The first-order chi connectivity index (χ1) is 9.19. The van der Waals surface area contributed by atoms with Gasteiger partial charge in [0, 0.05) is 31.3 Å². The molecule has 0 spiro atoms. The molecule has 0 bridgehead atoms. The average molecular weight is 263 g/mol. The first-order valence-corrected chi connectivity index (χ1v) is 6.88. The number of hydrogen-bond acceptors (Lipinski definition) is 4. The van der Waals surface area contributed by atoms with E-state index in [0.29, 0.717) is 6.04 Å². The number of hydrogen-bond donors (Lipinski definition) is 1. The van der Waals surface area contributed by atoms with Gasteiger partial charge in [-0.2, -0.15) is 0 Å². The topological polar surface area (TPSA) is 58.4 Å². The second kappa shape index (κ2) is 6.63. The van der Waals surface area contributed by atoms with Crippen molar-refractivity contribution in [2.45, 2.75) is 32.4 Å². The molecule has 0 aromatic heterocycles. The van der Waals surface area contributed by atoms with Crippen molar-refractivity contribution < 1.29 is 4.92 Å². The molecule has 0 aliphatic carbocycles. The lowest BCUT2D eigenvalue weighted by Gasteiger charge is -2.32. The molecule has 1 N–H and O–H groups in total. The number of piperidine rings is 1. The van der Waals surface area contributed by atoms with E-state index in [9.17, 15) is 10.1 Å². The molecule has 1 atom stereocenters. The number of benzene rings is 1. The van der Waals surface area contributed by atoms with Crippen molar-refractivity contribution in [2.75, 3.05) is 19.6 Å². The van der Waals surface area contributed by atoms with Crippen LogP contribution in [-0.4, -0.2) is 35.5 Å². The molecule has 1 heterocycles. The molecule has 0 saturated carbocycles. The Hall–Kier alpha value is -1.46. The fourth-order valence-electron chi connectivity index (χ4n) is 2.51. The molecule has 1 unspecified atom stereocenters. The van der Waals surface area contributed by atoms with Gasteiger partial charge in [0.2, 0.25) is 0 Å². The summed E-state index contributed by atoms with van der Waals surface area (Å²) in [7, 11) is 0. The third-order valence-electron chi connectivity index (χ3n) is 3.69. The fourth-order valence-corrected chi connectivity index (χ4v) is 2.51. The zero-order valence-electron chi connectivity index (χ0n) is 11.3. The summed E-state index contributed by atoms with van der Waals surface area (Å²) in [5.41, 5.74) is 1.25. The Morgan fingerprint density at radius 1 is 1.42 bits per heavy atom. The van der Waals surface area contributed by atoms with Crippen molar-refractivity contribution in [3.63, 3.8) is 0 Å². The summed E-state index contributed by atoms with van der Waals surface area (Å²) in [5, 5.41) is 14.1. The van der Waals surface area contributed by atoms with Crippen LogP contribution in [0.2, 0.25) is 0 Å². The molecule has 104 valence electrons. The van der Waals surface area contributed by atoms with Gasteiger partial charge in [-0.25, -0.2) is 0 Å². The van der Waals surface area contributed by atoms with E-state index < -0.39 is 0 Å². The summed E-state index contributed by atoms with van der Waals surface area (Å²) in [6, 6.07) is 7.31. The SMILES string of the molecule is CCN1CCCC(NCc2ccc([N+](=O)[O-])cc2)C1. The highest BCUT2D eigenvalue weighted by Gasteiger charge is 2.17. The van der Waals surface area contributed by atoms with Crippen molar-refractivity contribution in [1.82, 2.24) is 10.2 Å². The third-order valence-corrected chi connectivity index (χ3v) is 3.69. The molecule has 2 rings (SSSR count). The van der Waals surface area contributed by atoms with E-state index in [-0.39, 0.29) is 10.6 Å². The Labute approximate surface area is 113 Å². The van der Waals surface area contributed by atoms with Crippen LogP contribution in [0.25, 0.3) is 0 Å². The highest BCUT2D eigenvalue weighted by molar-refractivity contribution is 5.32. The fraction of sp³-hybridized carbons (Fsp3) is 0.571. The van der Waals surface area contributed by atoms with E-state index in [1.54, 1.807) is 12.1 Å². The van der Waals surface area contributed by atoms with Gasteiger partial charge in [-0.15, -0.1) is 0 Å². The maximum Gasteiger partial charge on any atom is 0.269 e. The summed E-state index contributed by atoms with van der Waals surface area (Å²) in [6.07, 6.45) is 2.45. The Morgan fingerprint density at radius 2 is 2.16 bits per heavy atom. The summed E-state index contributed by atoms with van der Waals surface area (Å²) in [6.45, 7) is 6.38. The second-order valence-corrected chi connectivity index (χ2v) is 5.04. The van der Waals surface area contributed by atoms with E-state index in [0.717, 1.165) is 25.2 Å². The van der Waals surface area contributed by atoms with Gasteiger partial charge < -0.3 is 10.2 Å². The standard InChI is InChI=1S/C14H21N3O2/c1-2-16-9-3-4-13(11-16)15-10-12-5-7-14(8-6-12)17(18)19/h5-8,13,15H,2-4,9-11H2,1H3. The molecule has 0 radical (unpaired) electrons. The van der Waals surface area contributed by atoms with Crippen LogP contribution >= 0.6 is 0 Å². The van der Waals surface area contributed by atoms with Crippen molar-refractivity contribution in [3.05, 3.63) is 39.9 Å². The van der Waals surface area contributed by atoms with Crippen molar-refractivity contribution >= 4 is 5.69 Å². The predicted octanol–water partition coefficient (Wildman–Crippen LogP) is 2.17. The van der Waals surface area contributed by atoms with Crippen molar-refractivity contribution in [1.29, 1.82) is 0 Å². The average Bonchev–Trinajstić information content (AvgIpc) is 2.46. The minimum absolute atomic E-state index is 0.151. The molecular weight excluding hydrogens is 242 g/mol. The van der Waals surface area contributed by atoms with Crippen LogP contribution in [0.4, 0.5) is 5.69 Å². The van der Waals surface area contributed by atoms with Gasteiger partial charge in [0.25, 0.3) is 5.69 Å². The van der Waals surface area contributed by atoms with E-state index in [2.05, 4.69) is 17.1 Å². The monoisotopic (exact) mass is 263 g/mol. The lowest BCUT2D eigenvalue weighted by atomic mass is 10.1. The predicted molar refractivity (Wildman–Crippen MR) is 75.1 cm³/mol. The van der Waals surface area contributed by atoms with Gasteiger partial charge in [-0.3, -0.25) is 10.1 Å². The van der Waals surface area contributed by atoms with Crippen LogP contribution in [-0.2, 0) is 6.54 Å². The smallest absolute Gasteiger partial charge is 0.269 e. The van der Waals surface area contributed by atoms with Crippen LogP contribution in [0.15, 0.2) is 24.3 Å². The summed E-state index contributed by atoms with van der Waals surface area (Å²) in [4.78, 5) is 12.7. The van der Waals surface area contributed by atoms with E-state index in [1.165, 1.54) is 19.4 Å².